The normalized spacial score (nSPS) is 13.2. The second-order valence-electron chi connectivity index (χ2n) is 4.95. The Hall–Kier alpha value is -1.27. The molecule has 0 fully saturated rings. The maximum absolute atomic E-state index is 12.3. The minimum absolute atomic E-state index is 0.253. The third-order valence-corrected chi connectivity index (χ3v) is 4.51. The SMILES string of the molecule is CCOc1ccccc1NS(=O)(=O)C(C)CNC(C)C. The summed E-state index contributed by atoms with van der Waals surface area (Å²) >= 11 is 0. The van der Waals surface area contributed by atoms with E-state index in [0.717, 1.165) is 0 Å². The van der Waals surface area contributed by atoms with Gasteiger partial charge in [-0.25, -0.2) is 8.42 Å². The van der Waals surface area contributed by atoms with Crippen molar-refractivity contribution < 1.29 is 13.2 Å². The van der Waals surface area contributed by atoms with Crippen LogP contribution in [0.5, 0.6) is 5.75 Å². The highest BCUT2D eigenvalue weighted by molar-refractivity contribution is 7.93. The molecule has 0 bridgehead atoms. The molecule has 2 N–H and O–H groups in total. The lowest BCUT2D eigenvalue weighted by Gasteiger charge is -2.18. The largest absolute Gasteiger partial charge is 0.492 e. The molecule has 1 rings (SSSR count). The summed E-state index contributed by atoms with van der Waals surface area (Å²) in [7, 11) is -3.44. The van der Waals surface area contributed by atoms with Gasteiger partial charge in [0.2, 0.25) is 10.0 Å². The molecule has 1 unspecified atom stereocenters. The van der Waals surface area contributed by atoms with Gasteiger partial charge in [0.1, 0.15) is 5.75 Å². The van der Waals surface area contributed by atoms with Crippen molar-refractivity contribution in [2.75, 3.05) is 17.9 Å². The zero-order valence-electron chi connectivity index (χ0n) is 12.5. The molecule has 5 nitrogen and oxygen atoms in total. The summed E-state index contributed by atoms with van der Waals surface area (Å²) < 4.78 is 32.5. The van der Waals surface area contributed by atoms with Crippen LogP contribution in [-0.2, 0) is 10.0 Å². The van der Waals surface area contributed by atoms with Crippen molar-refractivity contribution in [1.82, 2.24) is 5.32 Å². The van der Waals surface area contributed by atoms with E-state index >= 15 is 0 Å². The number of hydrogen-bond acceptors (Lipinski definition) is 4. The molecule has 6 heteroatoms. The fourth-order valence-electron chi connectivity index (χ4n) is 1.60. The number of sulfonamides is 1. The smallest absolute Gasteiger partial charge is 0.236 e. The van der Waals surface area contributed by atoms with Crippen LogP contribution in [0.25, 0.3) is 0 Å². The molecule has 0 saturated carbocycles. The quantitative estimate of drug-likeness (QED) is 0.772. The van der Waals surface area contributed by atoms with Gasteiger partial charge in [-0.1, -0.05) is 26.0 Å². The highest BCUT2D eigenvalue weighted by atomic mass is 32.2. The summed E-state index contributed by atoms with van der Waals surface area (Å²) in [6.07, 6.45) is 0. The van der Waals surface area contributed by atoms with E-state index in [1.54, 1.807) is 25.1 Å². The van der Waals surface area contributed by atoms with Crippen LogP contribution < -0.4 is 14.8 Å². The highest BCUT2D eigenvalue weighted by Crippen LogP contribution is 2.25. The van der Waals surface area contributed by atoms with E-state index in [2.05, 4.69) is 10.0 Å². The first-order valence-electron chi connectivity index (χ1n) is 6.83. The van der Waals surface area contributed by atoms with Crippen LogP contribution in [0.1, 0.15) is 27.7 Å². The molecule has 1 aromatic carbocycles. The second-order valence-corrected chi connectivity index (χ2v) is 7.05. The van der Waals surface area contributed by atoms with E-state index < -0.39 is 15.3 Å². The van der Waals surface area contributed by atoms with E-state index in [4.69, 9.17) is 4.74 Å². The molecule has 0 aliphatic heterocycles. The number of para-hydroxylation sites is 2. The Bertz CT molecular complexity index is 515. The number of ether oxygens (including phenoxy) is 1. The van der Waals surface area contributed by atoms with Crippen molar-refractivity contribution in [2.45, 2.75) is 39.0 Å². The molecule has 0 aliphatic carbocycles. The molecular formula is C14H24N2O3S. The van der Waals surface area contributed by atoms with Crippen LogP contribution in [0.15, 0.2) is 24.3 Å². The lowest BCUT2D eigenvalue weighted by atomic mass is 10.3. The van der Waals surface area contributed by atoms with Crippen LogP contribution in [-0.4, -0.2) is 32.9 Å². The Balaban J connectivity index is 2.80. The lowest BCUT2D eigenvalue weighted by Crippen LogP contribution is -2.37. The fraction of sp³-hybridized carbons (Fsp3) is 0.571. The summed E-state index contributed by atoms with van der Waals surface area (Å²) in [6.45, 7) is 8.41. The van der Waals surface area contributed by atoms with Gasteiger partial charge in [-0.3, -0.25) is 4.72 Å². The van der Waals surface area contributed by atoms with Crippen LogP contribution in [0, 0.1) is 0 Å². The molecule has 0 aliphatic rings. The predicted octanol–water partition coefficient (Wildman–Crippen LogP) is 2.21. The van der Waals surface area contributed by atoms with E-state index in [0.29, 0.717) is 24.6 Å². The Morgan fingerprint density at radius 3 is 2.45 bits per heavy atom. The van der Waals surface area contributed by atoms with E-state index in [1.165, 1.54) is 0 Å². The van der Waals surface area contributed by atoms with Gasteiger partial charge in [-0.2, -0.15) is 0 Å². The monoisotopic (exact) mass is 300 g/mol. The van der Waals surface area contributed by atoms with Crippen LogP contribution >= 0.6 is 0 Å². The molecule has 0 heterocycles. The van der Waals surface area contributed by atoms with Crippen LogP contribution in [0.2, 0.25) is 0 Å². The van der Waals surface area contributed by atoms with Gasteiger partial charge in [0.25, 0.3) is 0 Å². The Morgan fingerprint density at radius 1 is 1.20 bits per heavy atom. The maximum Gasteiger partial charge on any atom is 0.236 e. The van der Waals surface area contributed by atoms with Crippen molar-refractivity contribution in [3.8, 4) is 5.75 Å². The van der Waals surface area contributed by atoms with Gasteiger partial charge in [-0.05, 0) is 26.0 Å². The standard InChI is InChI=1S/C14H24N2O3S/c1-5-19-14-9-7-6-8-13(14)16-20(17,18)12(4)10-15-11(2)3/h6-9,11-12,15-16H,5,10H2,1-4H3. The topological polar surface area (TPSA) is 67.4 Å². The molecule has 0 radical (unpaired) electrons. The third kappa shape index (κ3) is 5.02. The van der Waals surface area contributed by atoms with Crippen molar-refractivity contribution in [2.24, 2.45) is 0 Å². The van der Waals surface area contributed by atoms with Crippen molar-refractivity contribution in [3.63, 3.8) is 0 Å². The minimum atomic E-state index is -3.44. The Morgan fingerprint density at radius 2 is 1.85 bits per heavy atom. The predicted molar refractivity (Wildman–Crippen MR) is 82.8 cm³/mol. The molecule has 0 amide bonds. The number of anilines is 1. The molecular weight excluding hydrogens is 276 g/mol. The summed E-state index contributed by atoms with van der Waals surface area (Å²) in [6, 6.07) is 7.29. The number of rotatable bonds is 8. The maximum atomic E-state index is 12.3. The Kier molecular flexibility index (Phi) is 6.29. The van der Waals surface area contributed by atoms with E-state index in [-0.39, 0.29) is 6.04 Å². The highest BCUT2D eigenvalue weighted by Gasteiger charge is 2.21. The summed E-state index contributed by atoms with van der Waals surface area (Å²) in [5.74, 6) is 0.544. The number of hydrogen-bond donors (Lipinski definition) is 2. The van der Waals surface area contributed by atoms with Crippen molar-refractivity contribution >= 4 is 15.7 Å². The number of nitrogens with one attached hydrogen (secondary N) is 2. The van der Waals surface area contributed by atoms with E-state index in [1.807, 2.05) is 26.8 Å². The van der Waals surface area contributed by atoms with Gasteiger partial charge in [0.05, 0.1) is 17.5 Å². The first-order valence-corrected chi connectivity index (χ1v) is 8.38. The van der Waals surface area contributed by atoms with Gasteiger partial charge in [-0.15, -0.1) is 0 Å². The number of benzene rings is 1. The summed E-state index contributed by atoms with van der Waals surface area (Å²) in [5.41, 5.74) is 0.478. The molecule has 1 atom stereocenters. The second kappa shape index (κ2) is 7.50. The molecule has 114 valence electrons. The van der Waals surface area contributed by atoms with E-state index in [9.17, 15) is 8.42 Å². The van der Waals surface area contributed by atoms with Crippen molar-refractivity contribution in [1.29, 1.82) is 0 Å². The lowest BCUT2D eigenvalue weighted by molar-refractivity contribution is 0.342. The first kappa shape index (κ1) is 16.8. The zero-order chi connectivity index (χ0) is 15.2. The summed E-state index contributed by atoms with van der Waals surface area (Å²) in [5, 5.41) is 2.60. The molecule has 20 heavy (non-hydrogen) atoms. The van der Waals surface area contributed by atoms with Crippen LogP contribution in [0.4, 0.5) is 5.69 Å². The minimum Gasteiger partial charge on any atom is -0.492 e. The first-order chi connectivity index (χ1) is 9.36. The average molecular weight is 300 g/mol. The van der Waals surface area contributed by atoms with Gasteiger partial charge < -0.3 is 10.1 Å². The fourth-order valence-corrected chi connectivity index (χ4v) is 2.59. The molecule has 0 aromatic heterocycles. The molecule has 0 saturated heterocycles. The van der Waals surface area contributed by atoms with Crippen molar-refractivity contribution in [3.05, 3.63) is 24.3 Å². The average Bonchev–Trinajstić information content (AvgIpc) is 2.38. The molecule has 0 spiro atoms. The van der Waals surface area contributed by atoms with Gasteiger partial charge in [0.15, 0.2) is 0 Å². The zero-order valence-corrected chi connectivity index (χ0v) is 13.3. The van der Waals surface area contributed by atoms with Gasteiger partial charge in [0, 0.05) is 12.6 Å². The summed E-state index contributed by atoms with van der Waals surface area (Å²) in [4.78, 5) is 0. The Labute approximate surface area is 121 Å². The third-order valence-electron chi connectivity index (χ3n) is 2.78. The van der Waals surface area contributed by atoms with Crippen LogP contribution in [0.3, 0.4) is 0 Å². The molecule has 1 aromatic rings. The van der Waals surface area contributed by atoms with Gasteiger partial charge >= 0.3 is 0 Å².